The molecule has 0 aliphatic rings. The highest BCUT2D eigenvalue weighted by Crippen LogP contribution is 2.27. The van der Waals surface area contributed by atoms with Gasteiger partial charge in [0.05, 0.1) is 12.8 Å². The molecule has 0 fully saturated rings. The lowest BCUT2D eigenvalue weighted by molar-refractivity contribution is 0.248. The SMILES string of the molecule is COc1ccc(Cl)cc1NC(=O)NCC(CCO)c1ccccc1. The lowest BCUT2D eigenvalue weighted by atomic mass is 9.96. The minimum atomic E-state index is -0.352. The first-order valence-corrected chi connectivity index (χ1v) is 8.06. The number of anilines is 1. The molecule has 2 aromatic carbocycles. The maximum absolute atomic E-state index is 12.1. The largest absolute Gasteiger partial charge is 0.495 e. The Bertz CT molecular complexity index is 665. The number of ether oxygens (including phenoxy) is 1. The minimum absolute atomic E-state index is 0.0446. The van der Waals surface area contributed by atoms with Gasteiger partial charge in [0.25, 0.3) is 0 Å². The molecule has 1 unspecified atom stereocenters. The van der Waals surface area contributed by atoms with Crippen molar-refractivity contribution in [3.8, 4) is 5.75 Å². The number of nitrogens with one attached hydrogen (secondary N) is 2. The van der Waals surface area contributed by atoms with Crippen LogP contribution in [-0.2, 0) is 0 Å². The molecule has 0 aliphatic carbocycles. The number of carbonyl (C=O) groups is 1. The minimum Gasteiger partial charge on any atom is -0.495 e. The predicted octanol–water partition coefficient (Wildman–Crippen LogP) is 3.64. The normalized spacial score (nSPS) is 11.6. The van der Waals surface area contributed by atoms with E-state index in [0.29, 0.717) is 29.4 Å². The summed E-state index contributed by atoms with van der Waals surface area (Å²) in [6.07, 6.45) is 0.574. The lowest BCUT2D eigenvalue weighted by Crippen LogP contribution is -2.32. The van der Waals surface area contributed by atoms with E-state index in [1.54, 1.807) is 18.2 Å². The van der Waals surface area contributed by atoms with E-state index in [2.05, 4.69) is 10.6 Å². The van der Waals surface area contributed by atoms with Gasteiger partial charge in [0.2, 0.25) is 0 Å². The zero-order chi connectivity index (χ0) is 17.4. The summed E-state index contributed by atoms with van der Waals surface area (Å²) in [4.78, 5) is 12.1. The summed E-state index contributed by atoms with van der Waals surface area (Å²) in [5.41, 5.74) is 1.58. The van der Waals surface area contributed by atoms with E-state index in [-0.39, 0.29) is 18.6 Å². The molecule has 24 heavy (non-hydrogen) atoms. The molecule has 3 N–H and O–H groups in total. The number of carbonyl (C=O) groups excluding carboxylic acids is 1. The van der Waals surface area contributed by atoms with Crippen molar-refractivity contribution >= 4 is 23.3 Å². The smallest absolute Gasteiger partial charge is 0.319 e. The van der Waals surface area contributed by atoms with E-state index < -0.39 is 0 Å². The molecule has 1 atom stereocenters. The van der Waals surface area contributed by atoms with E-state index in [1.165, 1.54) is 7.11 Å². The molecular weight excluding hydrogens is 328 g/mol. The zero-order valence-corrected chi connectivity index (χ0v) is 14.2. The highest BCUT2D eigenvalue weighted by molar-refractivity contribution is 6.31. The standard InChI is InChI=1S/C18H21ClN2O3/c1-24-17-8-7-15(19)11-16(17)21-18(23)20-12-14(9-10-22)13-5-3-2-4-6-13/h2-8,11,14,22H,9-10,12H2,1H3,(H2,20,21,23). The Kier molecular flexibility index (Phi) is 6.90. The fourth-order valence-electron chi connectivity index (χ4n) is 2.43. The van der Waals surface area contributed by atoms with Crippen molar-refractivity contribution in [1.82, 2.24) is 5.32 Å². The van der Waals surface area contributed by atoms with Crippen LogP contribution in [0.25, 0.3) is 0 Å². The second-order valence-electron chi connectivity index (χ2n) is 5.30. The van der Waals surface area contributed by atoms with Gasteiger partial charge in [-0.3, -0.25) is 0 Å². The molecule has 5 nitrogen and oxygen atoms in total. The number of aliphatic hydroxyl groups is 1. The Labute approximate surface area is 146 Å². The molecule has 128 valence electrons. The van der Waals surface area contributed by atoms with Crippen LogP contribution in [-0.4, -0.2) is 31.4 Å². The summed E-state index contributed by atoms with van der Waals surface area (Å²) in [6.45, 7) is 0.476. The number of hydrogen-bond acceptors (Lipinski definition) is 3. The Hall–Kier alpha value is -2.24. The summed E-state index contributed by atoms with van der Waals surface area (Å²) in [6, 6.07) is 14.4. The van der Waals surface area contributed by atoms with Gasteiger partial charge in [-0.05, 0) is 30.2 Å². The molecule has 2 rings (SSSR count). The van der Waals surface area contributed by atoms with Crippen LogP contribution in [0.3, 0.4) is 0 Å². The highest BCUT2D eigenvalue weighted by atomic mass is 35.5. The van der Waals surface area contributed by atoms with Gasteiger partial charge in [0.15, 0.2) is 0 Å². The first-order chi connectivity index (χ1) is 11.6. The van der Waals surface area contributed by atoms with Gasteiger partial charge < -0.3 is 20.5 Å². The Morgan fingerprint density at radius 2 is 2.00 bits per heavy atom. The summed E-state index contributed by atoms with van der Waals surface area (Å²) >= 11 is 5.95. The van der Waals surface area contributed by atoms with Crippen molar-refractivity contribution in [1.29, 1.82) is 0 Å². The third-order valence-electron chi connectivity index (χ3n) is 3.67. The van der Waals surface area contributed by atoms with E-state index in [1.807, 2.05) is 30.3 Å². The van der Waals surface area contributed by atoms with Crippen molar-refractivity contribution in [2.45, 2.75) is 12.3 Å². The number of urea groups is 1. The number of methoxy groups -OCH3 is 1. The molecule has 0 heterocycles. The molecule has 0 radical (unpaired) electrons. The van der Waals surface area contributed by atoms with Gasteiger partial charge in [0.1, 0.15) is 5.75 Å². The van der Waals surface area contributed by atoms with E-state index >= 15 is 0 Å². The number of aliphatic hydroxyl groups excluding tert-OH is 1. The van der Waals surface area contributed by atoms with Crippen molar-refractivity contribution in [3.05, 3.63) is 59.1 Å². The number of rotatable bonds is 7. The van der Waals surface area contributed by atoms with Gasteiger partial charge in [-0.25, -0.2) is 4.79 Å². The van der Waals surface area contributed by atoms with Gasteiger partial charge in [-0.15, -0.1) is 0 Å². The van der Waals surface area contributed by atoms with Crippen LogP contribution in [0.2, 0.25) is 5.02 Å². The monoisotopic (exact) mass is 348 g/mol. The van der Waals surface area contributed by atoms with Crippen LogP contribution < -0.4 is 15.4 Å². The molecule has 6 heteroatoms. The average Bonchev–Trinajstić information content (AvgIpc) is 2.59. The van der Waals surface area contributed by atoms with E-state index in [9.17, 15) is 9.90 Å². The van der Waals surface area contributed by atoms with Crippen molar-refractivity contribution in [2.75, 3.05) is 25.6 Å². The quantitative estimate of drug-likeness (QED) is 0.715. The molecule has 0 saturated heterocycles. The molecular formula is C18H21ClN2O3. The molecule has 2 aromatic rings. The average molecular weight is 349 g/mol. The summed E-state index contributed by atoms with van der Waals surface area (Å²) in [5, 5.41) is 15.3. The van der Waals surface area contributed by atoms with Crippen LogP contribution in [0.1, 0.15) is 17.9 Å². The number of halogens is 1. The molecule has 0 aliphatic heterocycles. The lowest BCUT2D eigenvalue weighted by Gasteiger charge is -2.18. The third-order valence-corrected chi connectivity index (χ3v) is 3.90. The predicted molar refractivity (Wildman–Crippen MR) is 95.9 cm³/mol. The first kappa shape index (κ1) is 18.1. The van der Waals surface area contributed by atoms with Gasteiger partial charge in [0, 0.05) is 24.1 Å². The molecule has 0 spiro atoms. The Morgan fingerprint density at radius 3 is 2.67 bits per heavy atom. The van der Waals surface area contributed by atoms with E-state index in [0.717, 1.165) is 5.56 Å². The van der Waals surface area contributed by atoms with Gasteiger partial charge in [-0.2, -0.15) is 0 Å². The van der Waals surface area contributed by atoms with E-state index in [4.69, 9.17) is 16.3 Å². The van der Waals surface area contributed by atoms with Crippen LogP contribution in [0.4, 0.5) is 10.5 Å². The van der Waals surface area contributed by atoms with Crippen molar-refractivity contribution in [3.63, 3.8) is 0 Å². The first-order valence-electron chi connectivity index (χ1n) is 7.68. The van der Waals surface area contributed by atoms with Crippen LogP contribution in [0.15, 0.2) is 48.5 Å². The molecule has 0 aromatic heterocycles. The Morgan fingerprint density at radius 1 is 1.25 bits per heavy atom. The Balaban J connectivity index is 1.98. The van der Waals surface area contributed by atoms with Crippen LogP contribution in [0.5, 0.6) is 5.75 Å². The fraction of sp³-hybridized carbons (Fsp3) is 0.278. The zero-order valence-electron chi connectivity index (χ0n) is 13.5. The highest BCUT2D eigenvalue weighted by Gasteiger charge is 2.13. The topological polar surface area (TPSA) is 70.6 Å². The van der Waals surface area contributed by atoms with Crippen molar-refractivity contribution < 1.29 is 14.6 Å². The second kappa shape index (κ2) is 9.15. The van der Waals surface area contributed by atoms with Crippen LogP contribution in [0, 0.1) is 0 Å². The van der Waals surface area contributed by atoms with Gasteiger partial charge in [-0.1, -0.05) is 41.9 Å². The molecule has 2 amide bonds. The molecule has 0 saturated carbocycles. The third kappa shape index (κ3) is 5.15. The summed E-state index contributed by atoms with van der Waals surface area (Å²) in [7, 11) is 1.53. The summed E-state index contributed by atoms with van der Waals surface area (Å²) in [5.74, 6) is 0.577. The van der Waals surface area contributed by atoms with Gasteiger partial charge >= 0.3 is 6.03 Å². The maximum atomic E-state index is 12.1. The molecule has 0 bridgehead atoms. The number of benzene rings is 2. The number of hydrogen-bond donors (Lipinski definition) is 3. The second-order valence-corrected chi connectivity index (χ2v) is 5.74. The van der Waals surface area contributed by atoms with Crippen molar-refractivity contribution in [2.24, 2.45) is 0 Å². The number of amides is 2. The summed E-state index contributed by atoms with van der Waals surface area (Å²) < 4.78 is 5.20. The maximum Gasteiger partial charge on any atom is 0.319 e. The van der Waals surface area contributed by atoms with Crippen LogP contribution >= 0.6 is 11.6 Å². The fourth-order valence-corrected chi connectivity index (χ4v) is 2.60.